The predicted molar refractivity (Wildman–Crippen MR) is 136 cm³/mol. The molecule has 3 aromatic carbocycles. The summed E-state index contributed by atoms with van der Waals surface area (Å²) in [6.07, 6.45) is 5.40. The summed E-state index contributed by atoms with van der Waals surface area (Å²) in [6, 6.07) is 12.0. The molecule has 1 saturated carbocycles. The fourth-order valence-corrected chi connectivity index (χ4v) is 5.05. The molecule has 1 aliphatic rings. The smallest absolute Gasteiger partial charge is 0.422 e. The molecule has 200 valence electrons. The van der Waals surface area contributed by atoms with Gasteiger partial charge in [0.1, 0.15) is 0 Å². The van der Waals surface area contributed by atoms with Crippen molar-refractivity contribution in [2.45, 2.75) is 51.1 Å². The Morgan fingerprint density at radius 3 is 2.32 bits per heavy atom. The summed E-state index contributed by atoms with van der Waals surface area (Å²) in [5, 5.41) is 1.75. The lowest BCUT2D eigenvalue weighted by atomic mass is 9.78. The van der Waals surface area contributed by atoms with Gasteiger partial charge in [-0.15, -0.1) is 6.58 Å². The van der Waals surface area contributed by atoms with Crippen molar-refractivity contribution in [1.29, 1.82) is 0 Å². The van der Waals surface area contributed by atoms with Gasteiger partial charge in [-0.1, -0.05) is 61.1 Å². The second kappa shape index (κ2) is 12.0. The predicted octanol–water partition coefficient (Wildman–Crippen LogP) is 8.91. The van der Waals surface area contributed by atoms with E-state index in [-0.39, 0.29) is 0 Å². The third-order valence-electron chi connectivity index (χ3n) is 7.08. The van der Waals surface area contributed by atoms with E-state index in [2.05, 4.69) is 29.2 Å². The molecule has 1 nitrogen and oxygen atoms in total. The maximum atomic E-state index is 14.4. The van der Waals surface area contributed by atoms with Crippen LogP contribution in [0, 0.1) is 41.1 Å². The van der Waals surface area contributed by atoms with Gasteiger partial charge in [0, 0.05) is 5.56 Å². The third kappa shape index (κ3) is 6.92. The molecule has 0 bridgehead atoms. The Hall–Kier alpha value is -3.40. The van der Waals surface area contributed by atoms with E-state index in [9.17, 15) is 26.3 Å². The first-order valence-corrected chi connectivity index (χ1v) is 12.7. The molecule has 1 fully saturated rings. The summed E-state index contributed by atoms with van der Waals surface area (Å²) in [6.45, 7) is 1.90. The molecule has 0 amide bonds. The number of halogens is 6. The topological polar surface area (TPSA) is 9.23 Å². The summed E-state index contributed by atoms with van der Waals surface area (Å²) < 4.78 is 83.9. The number of rotatable bonds is 7. The van der Waals surface area contributed by atoms with E-state index >= 15 is 0 Å². The minimum atomic E-state index is -4.83. The SMILES string of the molecule is C=CCC1CCC(CCc2ccc3c(C#Cc4cc(F)c(OCC(F)(F)F)c(F)c4F)cccc3c2)CC1. The van der Waals surface area contributed by atoms with Crippen LogP contribution in [0.5, 0.6) is 5.75 Å². The number of ether oxygens (including phenoxy) is 1. The van der Waals surface area contributed by atoms with Gasteiger partial charge in [-0.3, -0.25) is 0 Å². The number of allylic oxidation sites excluding steroid dienone is 1. The average molecular weight is 531 g/mol. The molecule has 0 saturated heterocycles. The van der Waals surface area contributed by atoms with E-state index in [1.165, 1.54) is 31.2 Å². The molecule has 0 N–H and O–H groups in total. The molecular formula is C31H28F6O. The fourth-order valence-electron chi connectivity index (χ4n) is 5.05. The third-order valence-corrected chi connectivity index (χ3v) is 7.08. The molecule has 0 aromatic heterocycles. The summed E-state index contributed by atoms with van der Waals surface area (Å²) in [5.74, 6) is 0.336. The molecule has 0 atom stereocenters. The fraction of sp³-hybridized carbons (Fsp3) is 0.355. The number of alkyl halides is 3. The van der Waals surface area contributed by atoms with Crippen LogP contribution >= 0.6 is 0 Å². The zero-order chi connectivity index (χ0) is 27.3. The van der Waals surface area contributed by atoms with Crippen molar-refractivity contribution < 1.29 is 31.1 Å². The van der Waals surface area contributed by atoms with Gasteiger partial charge >= 0.3 is 6.18 Å². The Balaban J connectivity index is 1.48. The van der Waals surface area contributed by atoms with E-state index in [4.69, 9.17) is 0 Å². The highest BCUT2D eigenvalue weighted by atomic mass is 19.4. The van der Waals surface area contributed by atoms with Crippen LogP contribution < -0.4 is 4.74 Å². The highest BCUT2D eigenvalue weighted by Gasteiger charge is 2.30. The molecule has 0 unspecified atom stereocenters. The van der Waals surface area contributed by atoms with Crippen LogP contribution in [0.2, 0.25) is 0 Å². The lowest BCUT2D eigenvalue weighted by Crippen LogP contribution is -2.20. The molecule has 3 aromatic rings. The first-order valence-electron chi connectivity index (χ1n) is 12.7. The van der Waals surface area contributed by atoms with Gasteiger partial charge in [0.15, 0.2) is 24.0 Å². The Labute approximate surface area is 218 Å². The molecule has 0 aliphatic heterocycles. The number of hydrogen-bond acceptors (Lipinski definition) is 1. The number of fused-ring (bicyclic) bond motifs is 1. The van der Waals surface area contributed by atoms with E-state index in [0.29, 0.717) is 11.6 Å². The van der Waals surface area contributed by atoms with E-state index in [1.54, 1.807) is 12.1 Å². The molecule has 0 radical (unpaired) electrons. The van der Waals surface area contributed by atoms with Gasteiger partial charge < -0.3 is 4.74 Å². The molecule has 7 heteroatoms. The van der Waals surface area contributed by atoms with Gasteiger partial charge in [0.25, 0.3) is 0 Å². The van der Waals surface area contributed by atoms with Crippen molar-refractivity contribution in [2.24, 2.45) is 11.8 Å². The molecule has 0 spiro atoms. The maximum absolute atomic E-state index is 14.4. The van der Waals surface area contributed by atoms with Crippen LogP contribution in [0.3, 0.4) is 0 Å². The van der Waals surface area contributed by atoms with Crippen molar-refractivity contribution in [3.8, 4) is 17.6 Å². The quantitative estimate of drug-likeness (QED) is 0.128. The molecular weight excluding hydrogens is 502 g/mol. The summed E-state index contributed by atoms with van der Waals surface area (Å²) in [5.41, 5.74) is 1.13. The lowest BCUT2D eigenvalue weighted by molar-refractivity contribution is -0.154. The minimum Gasteiger partial charge on any atom is -0.478 e. The van der Waals surface area contributed by atoms with Gasteiger partial charge in [-0.2, -0.15) is 17.6 Å². The van der Waals surface area contributed by atoms with Crippen molar-refractivity contribution in [1.82, 2.24) is 0 Å². The molecule has 0 heterocycles. The van der Waals surface area contributed by atoms with Crippen LogP contribution in [0.25, 0.3) is 10.8 Å². The lowest BCUT2D eigenvalue weighted by Gasteiger charge is -2.27. The van der Waals surface area contributed by atoms with Crippen LogP contribution in [0.1, 0.15) is 55.2 Å². The van der Waals surface area contributed by atoms with Crippen LogP contribution in [0.15, 0.2) is 55.1 Å². The highest BCUT2D eigenvalue weighted by molar-refractivity contribution is 5.88. The highest BCUT2D eigenvalue weighted by Crippen LogP contribution is 2.34. The average Bonchev–Trinajstić information content (AvgIpc) is 2.89. The minimum absolute atomic E-state index is 0.533. The summed E-state index contributed by atoms with van der Waals surface area (Å²) in [7, 11) is 0. The normalized spacial score (nSPS) is 17.6. The van der Waals surface area contributed by atoms with Crippen molar-refractivity contribution in [3.05, 3.63) is 89.3 Å². The number of aryl methyl sites for hydroxylation is 1. The monoisotopic (exact) mass is 530 g/mol. The van der Waals surface area contributed by atoms with Crippen LogP contribution in [-0.2, 0) is 6.42 Å². The van der Waals surface area contributed by atoms with Gasteiger partial charge in [0.05, 0.1) is 5.56 Å². The van der Waals surface area contributed by atoms with Gasteiger partial charge in [-0.25, -0.2) is 8.78 Å². The van der Waals surface area contributed by atoms with Crippen LogP contribution in [-0.4, -0.2) is 12.8 Å². The zero-order valence-corrected chi connectivity index (χ0v) is 20.8. The Bertz CT molecular complexity index is 1360. The van der Waals surface area contributed by atoms with E-state index < -0.39 is 41.5 Å². The standard InChI is InChI=1S/C31H28F6O/c1-2-4-20-7-9-21(10-8-20)11-12-22-13-16-26-23(5-3-6-24(26)17-22)14-15-25-18-27(32)30(29(34)28(25)33)38-19-31(35,36)37/h2-3,5-6,13,16-18,20-21H,1,4,7-12,19H2. The zero-order valence-electron chi connectivity index (χ0n) is 20.8. The Kier molecular flexibility index (Phi) is 8.71. The van der Waals surface area contributed by atoms with Crippen LogP contribution in [0.4, 0.5) is 26.3 Å². The Morgan fingerprint density at radius 1 is 0.895 bits per heavy atom. The molecule has 1 aliphatic carbocycles. The number of benzene rings is 3. The Morgan fingerprint density at radius 2 is 1.61 bits per heavy atom. The molecule has 38 heavy (non-hydrogen) atoms. The van der Waals surface area contributed by atoms with E-state index in [0.717, 1.165) is 41.9 Å². The second-order valence-electron chi connectivity index (χ2n) is 9.83. The summed E-state index contributed by atoms with van der Waals surface area (Å²) >= 11 is 0. The first kappa shape index (κ1) is 27.6. The van der Waals surface area contributed by atoms with Gasteiger partial charge in [-0.05, 0) is 72.4 Å². The molecule has 4 rings (SSSR count). The first-order chi connectivity index (χ1) is 18.1. The van der Waals surface area contributed by atoms with E-state index in [1.807, 2.05) is 24.3 Å². The van der Waals surface area contributed by atoms with Crippen molar-refractivity contribution in [2.75, 3.05) is 6.61 Å². The van der Waals surface area contributed by atoms with Gasteiger partial charge in [0.2, 0.25) is 5.82 Å². The summed E-state index contributed by atoms with van der Waals surface area (Å²) in [4.78, 5) is 0. The maximum Gasteiger partial charge on any atom is 0.422 e. The second-order valence-corrected chi connectivity index (χ2v) is 9.83. The van der Waals surface area contributed by atoms with Crippen molar-refractivity contribution >= 4 is 10.8 Å². The van der Waals surface area contributed by atoms with Crippen molar-refractivity contribution in [3.63, 3.8) is 0 Å². The largest absolute Gasteiger partial charge is 0.478 e. The number of hydrogen-bond donors (Lipinski definition) is 0.